The van der Waals surface area contributed by atoms with Gasteiger partial charge in [0.05, 0.1) is 10.5 Å². The number of benzene rings is 2. The number of halogens is 2. The Morgan fingerprint density at radius 1 is 1.19 bits per heavy atom. The van der Waals surface area contributed by atoms with E-state index < -0.39 is 0 Å². The van der Waals surface area contributed by atoms with Gasteiger partial charge in [0.25, 0.3) is 0 Å². The van der Waals surface area contributed by atoms with Crippen molar-refractivity contribution in [2.75, 3.05) is 5.32 Å². The zero-order valence-electron chi connectivity index (χ0n) is 11.8. The third-order valence-electron chi connectivity index (χ3n) is 3.58. The highest BCUT2D eigenvalue weighted by atomic mass is 79.9. The Hall–Kier alpha value is -1.81. The predicted molar refractivity (Wildman–Crippen MR) is 87.1 cm³/mol. The maximum atomic E-state index is 13.3. The Bertz CT molecular complexity index is 797. The average molecular weight is 348 g/mol. The molecule has 0 aliphatic carbocycles. The van der Waals surface area contributed by atoms with Gasteiger partial charge in [0.15, 0.2) is 0 Å². The van der Waals surface area contributed by atoms with Gasteiger partial charge in [-0.25, -0.2) is 4.39 Å². The lowest BCUT2D eigenvalue weighted by atomic mass is 10.1. The van der Waals surface area contributed by atoms with Gasteiger partial charge in [-0.3, -0.25) is 0 Å². The molecule has 0 spiro atoms. The molecule has 0 saturated heterocycles. The van der Waals surface area contributed by atoms with E-state index in [0.29, 0.717) is 4.47 Å². The fourth-order valence-electron chi connectivity index (χ4n) is 2.51. The number of furan rings is 1. The van der Waals surface area contributed by atoms with Crippen molar-refractivity contribution in [3.05, 3.63) is 64.1 Å². The van der Waals surface area contributed by atoms with Gasteiger partial charge in [-0.2, -0.15) is 0 Å². The van der Waals surface area contributed by atoms with Gasteiger partial charge in [0.2, 0.25) is 0 Å². The summed E-state index contributed by atoms with van der Waals surface area (Å²) >= 11 is 3.20. The molecule has 0 aliphatic rings. The van der Waals surface area contributed by atoms with Gasteiger partial charge in [0, 0.05) is 16.6 Å². The van der Waals surface area contributed by atoms with Crippen LogP contribution in [0.2, 0.25) is 0 Å². The highest BCUT2D eigenvalue weighted by molar-refractivity contribution is 9.10. The first-order valence-electron chi connectivity index (χ1n) is 6.76. The molecule has 1 N–H and O–H groups in total. The molecule has 0 bridgehead atoms. The quantitative estimate of drug-likeness (QED) is 0.646. The summed E-state index contributed by atoms with van der Waals surface area (Å²) < 4.78 is 19.7. The SMILES string of the molecule is Cc1c(C(C)Nc2ccc(F)c(Br)c2)oc2ccccc12. The summed E-state index contributed by atoms with van der Waals surface area (Å²) in [6.45, 7) is 4.09. The van der Waals surface area contributed by atoms with Crippen molar-refractivity contribution in [3.8, 4) is 0 Å². The molecule has 3 rings (SSSR count). The van der Waals surface area contributed by atoms with E-state index in [-0.39, 0.29) is 11.9 Å². The molecular weight excluding hydrogens is 333 g/mol. The monoisotopic (exact) mass is 347 g/mol. The normalized spacial score (nSPS) is 12.6. The summed E-state index contributed by atoms with van der Waals surface area (Å²) in [5, 5.41) is 4.46. The Labute approximate surface area is 131 Å². The van der Waals surface area contributed by atoms with Gasteiger partial charge < -0.3 is 9.73 Å². The van der Waals surface area contributed by atoms with E-state index >= 15 is 0 Å². The van der Waals surface area contributed by atoms with Gasteiger partial charge in [-0.15, -0.1) is 0 Å². The van der Waals surface area contributed by atoms with E-state index in [2.05, 4.69) is 34.2 Å². The molecule has 0 aliphatic heterocycles. The molecule has 2 aromatic carbocycles. The molecule has 1 aromatic heterocycles. The molecule has 4 heteroatoms. The van der Waals surface area contributed by atoms with Crippen molar-refractivity contribution < 1.29 is 8.81 Å². The van der Waals surface area contributed by atoms with Crippen LogP contribution in [0.3, 0.4) is 0 Å². The van der Waals surface area contributed by atoms with Gasteiger partial charge in [0.1, 0.15) is 17.2 Å². The lowest BCUT2D eigenvalue weighted by Gasteiger charge is -2.14. The first-order valence-corrected chi connectivity index (χ1v) is 7.55. The summed E-state index contributed by atoms with van der Waals surface area (Å²) in [6, 6.07) is 12.9. The Balaban J connectivity index is 1.91. The maximum Gasteiger partial charge on any atom is 0.137 e. The molecule has 1 heterocycles. The summed E-state index contributed by atoms with van der Waals surface area (Å²) in [6.07, 6.45) is 0. The fourth-order valence-corrected chi connectivity index (χ4v) is 2.89. The molecule has 1 atom stereocenters. The minimum atomic E-state index is -0.270. The van der Waals surface area contributed by atoms with E-state index in [1.807, 2.05) is 25.1 Å². The first-order chi connectivity index (χ1) is 10.1. The lowest BCUT2D eigenvalue weighted by molar-refractivity contribution is 0.522. The highest BCUT2D eigenvalue weighted by Crippen LogP contribution is 2.31. The fraction of sp³-hybridized carbons (Fsp3) is 0.176. The number of rotatable bonds is 3. The molecule has 0 radical (unpaired) electrons. The first kappa shape index (κ1) is 14.1. The zero-order valence-corrected chi connectivity index (χ0v) is 13.4. The third kappa shape index (κ3) is 2.68. The van der Waals surface area contributed by atoms with Crippen LogP contribution in [0, 0.1) is 12.7 Å². The van der Waals surface area contributed by atoms with Crippen LogP contribution in [-0.4, -0.2) is 0 Å². The van der Waals surface area contributed by atoms with E-state index in [0.717, 1.165) is 28.0 Å². The molecule has 0 saturated carbocycles. The van der Waals surface area contributed by atoms with Crippen LogP contribution in [0.5, 0.6) is 0 Å². The van der Waals surface area contributed by atoms with Crippen LogP contribution in [0.15, 0.2) is 51.4 Å². The second-order valence-corrected chi connectivity index (χ2v) is 5.94. The summed E-state index contributed by atoms with van der Waals surface area (Å²) in [4.78, 5) is 0. The molecule has 21 heavy (non-hydrogen) atoms. The second kappa shape index (κ2) is 5.53. The van der Waals surface area contributed by atoms with Crippen LogP contribution in [0.4, 0.5) is 10.1 Å². The summed E-state index contributed by atoms with van der Waals surface area (Å²) in [7, 11) is 0. The zero-order chi connectivity index (χ0) is 15.0. The van der Waals surface area contributed by atoms with Crippen LogP contribution < -0.4 is 5.32 Å². The van der Waals surface area contributed by atoms with E-state index in [9.17, 15) is 4.39 Å². The van der Waals surface area contributed by atoms with Gasteiger partial charge in [-0.05, 0) is 54.0 Å². The lowest BCUT2D eigenvalue weighted by Crippen LogP contribution is -2.06. The number of aryl methyl sites for hydroxylation is 1. The number of anilines is 1. The predicted octanol–water partition coefficient (Wildman–Crippen LogP) is 5.82. The molecule has 0 amide bonds. The van der Waals surface area contributed by atoms with Crippen molar-refractivity contribution in [1.29, 1.82) is 0 Å². The van der Waals surface area contributed by atoms with E-state index in [1.165, 1.54) is 6.07 Å². The van der Waals surface area contributed by atoms with E-state index in [1.54, 1.807) is 12.1 Å². The topological polar surface area (TPSA) is 25.2 Å². The van der Waals surface area contributed by atoms with E-state index in [4.69, 9.17) is 4.42 Å². The minimum absolute atomic E-state index is 0.00485. The van der Waals surface area contributed by atoms with Crippen LogP contribution >= 0.6 is 15.9 Å². The van der Waals surface area contributed by atoms with Crippen molar-refractivity contribution in [2.24, 2.45) is 0 Å². The molecular formula is C17H15BrFNO. The van der Waals surface area contributed by atoms with Crippen molar-refractivity contribution in [3.63, 3.8) is 0 Å². The average Bonchev–Trinajstić information content (AvgIpc) is 2.81. The molecule has 108 valence electrons. The van der Waals surface area contributed by atoms with Gasteiger partial charge >= 0.3 is 0 Å². The third-order valence-corrected chi connectivity index (χ3v) is 4.18. The Morgan fingerprint density at radius 3 is 2.67 bits per heavy atom. The number of para-hydroxylation sites is 1. The van der Waals surface area contributed by atoms with Crippen molar-refractivity contribution in [2.45, 2.75) is 19.9 Å². The van der Waals surface area contributed by atoms with Crippen molar-refractivity contribution >= 4 is 32.6 Å². The summed E-state index contributed by atoms with van der Waals surface area (Å²) in [5.74, 6) is 0.629. The van der Waals surface area contributed by atoms with Crippen LogP contribution in [0.1, 0.15) is 24.3 Å². The largest absolute Gasteiger partial charge is 0.459 e. The molecule has 1 unspecified atom stereocenters. The smallest absolute Gasteiger partial charge is 0.137 e. The van der Waals surface area contributed by atoms with Crippen molar-refractivity contribution in [1.82, 2.24) is 0 Å². The molecule has 0 fully saturated rings. The van der Waals surface area contributed by atoms with Gasteiger partial charge in [-0.1, -0.05) is 18.2 Å². The maximum absolute atomic E-state index is 13.3. The number of hydrogen-bond acceptors (Lipinski definition) is 2. The number of fused-ring (bicyclic) bond motifs is 1. The molecule has 2 nitrogen and oxygen atoms in total. The standard InChI is InChI=1S/C17H15BrFNO/c1-10-13-5-3-4-6-16(13)21-17(10)11(2)20-12-7-8-15(19)14(18)9-12/h3-9,11,20H,1-2H3. The number of hydrogen-bond donors (Lipinski definition) is 1. The minimum Gasteiger partial charge on any atom is -0.459 e. The highest BCUT2D eigenvalue weighted by Gasteiger charge is 2.16. The summed E-state index contributed by atoms with van der Waals surface area (Å²) in [5.41, 5.74) is 2.86. The second-order valence-electron chi connectivity index (χ2n) is 5.08. The molecule has 3 aromatic rings. The van der Waals surface area contributed by atoms with Crippen LogP contribution in [-0.2, 0) is 0 Å². The Morgan fingerprint density at radius 2 is 1.95 bits per heavy atom. The van der Waals surface area contributed by atoms with Crippen LogP contribution in [0.25, 0.3) is 11.0 Å². The Kier molecular flexibility index (Phi) is 3.72. The number of nitrogens with one attached hydrogen (secondary N) is 1.